The molecular weight excluding hydrogens is 246 g/mol. The van der Waals surface area contributed by atoms with Crippen molar-refractivity contribution in [2.24, 2.45) is 0 Å². The maximum absolute atomic E-state index is 11.4. The van der Waals surface area contributed by atoms with Crippen molar-refractivity contribution in [2.75, 3.05) is 20.3 Å². The molecule has 1 aromatic heterocycles. The molecule has 1 heterocycles. The highest BCUT2D eigenvalue weighted by atomic mass is 16.5. The van der Waals surface area contributed by atoms with Crippen LogP contribution in [0.15, 0.2) is 24.4 Å². The van der Waals surface area contributed by atoms with Gasteiger partial charge in [0.2, 0.25) is 0 Å². The zero-order valence-electron chi connectivity index (χ0n) is 11.0. The van der Waals surface area contributed by atoms with E-state index < -0.39 is 5.97 Å². The van der Waals surface area contributed by atoms with Gasteiger partial charge in [0.25, 0.3) is 0 Å². The van der Waals surface area contributed by atoms with Gasteiger partial charge in [-0.05, 0) is 19.1 Å². The first-order chi connectivity index (χ1) is 9.19. The van der Waals surface area contributed by atoms with Crippen LogP contribution >= 0.6 is 0 Å². The highest BCUT2D eigenvalue weighted by molar-refractivity contribution is 6.06. The van der Waals surface area contributed by atoms with Gasteiger partial charge < -0.3 is 19.1 Å². The lowest BCUT2D eigenvalue weighted by Crippen LogP contribution is -2.02. The molecule has 0 saturated carbocycles. The smallest absolute Gasteiger partial charge is 0.338 e. The molecule has 0 bridgehead atoms. The molecule has 1 N–H and O–H groups in total. The van der Waals surface area contributed by atoms with E-state index in [0.717, 1.165) is 5.52 Å². The molecular formula is C14H17NO4. The van der Waals surface area contributed by atoms with Gasteiger partial charge in [0, 0.05) is 19.9 Å². The van der Waals surface area contributed by atoms with Crippen molar-refractivity contribution in [1.29, 1.82) is 0 Å². The zero-order valence-corrected chi connectivity index (χ0v) is 11.0. The summed E-state index contributed by atoms with van der Waals surface area (Å²) in [5, 5.41) is 9.96. The van der Waals surface area contributed by atoms with Gasteiger partial charge >= 0.3 is 5.97 Å². The van der Waals surface area contributed by atoms with Crippen molar-refractivity contribution in [3.8, 4) is 5.75 Å². The normalized spacial score (nSPS) is 10.8. The highest BCUT2D eigenvalue weighted by Crippen LogP contribution is 2.30. The third-order valence-electron chi connectivity index (χ3n) is 2.93. The lowest BCUT2D eigenvalue weighted by molar-refractivity contribution is 0.0698. The fourth-order valence-electron chi connectivity index (χ4n) is 2.13. The van der Waals surface area contributed by atoms with Gasteiger partial charge in [0.1, 0.15) is 5.75 Å². The molecule has 0 aliphatic carbocycles. The summed E-state index contributed by atoms with van der Waals surface area (Å²) in [5.74, 6) is -0.345. The summed E-state index contributed by atoms with van der Waals surface area (Å²) in [7, 11) is 1.62. The Morgan fingerprint density at radius 1 is 1.42 bits per heavy atom. The number of carbonyl (C=O) groups is 1. The second-order valence-corrected chi connectivity index (χ2v) is 4.12. The molecule has 0 spiro atoms. The van der Waals surface area contributed by atoms with Crippen LogP contribution in [0.4, 0.5) is 0 Å². The Kier molecular flexibility index (Phi) is 4.06. The lowest BCUT2D eigenvalue weighted by Gasteiger charge is -2.07. The van der Waals surface area contributed by atoms with E-state index in [1.165, 1.54) is 0 Å². The molecule has 5 heteroatoms. The van der Waals surface area contributed by atoms with Crippen molar-refractivity contribution in [1.82, 2.24) is 4.57 Å². The van der Waals surface area contributed by atoms with E-state index in [9.17, 15) is 9.90 Å². The molecule has 2 rings (SSSR count). The minimum absolute atomic E-state index is 0.259. The Hall–Kier alpha value is -2.01. The van der Waals surface area contributed by atoms with Gasteiger partial charge in [-0.15, -0.1) is 0 Å². The quantitative estimate of drug-likeness (QED) is 0.869. The molecule has 0 unspecified atom stereocenters. The van der Waals surface area contributed by atoms with Crippen molar-refractivity contribution in [3.63, 3.8) is 0 Å². The van der Waals surface area contributed by atoms with Crippen LogP contribution in [0.1, 0.15) is 17.3 Å². The van der Waals surface area contributed by atoms with Crippen molar-refractivity contribution in [2.45, 2.75) is 13.5 Å². The van der Waals surface area contributed by atoms with Gasteiger partial charge in [-0.2, -0.15) is 0 Å². The predicted octanol–water partition coefficient (Wildman–Crippen LogP) is 2.38. The van der Waals surface area contributed by atoms with Gasteiger partial charge in [0.05, 0.1) is 29.7 Å². The first kappa shape index (κ1) is 13.4. The Balaban J connectivity index is 2.60. The molecule has 0 aliphatic heterocycles. The minimum atomic E-state index is -0.951. The number of methoxy groups -OCH3 is 1. The number of carboxylic acid groups (broad SMARTS) is 1. The number of carboxylic acids is 1. The van der Waals surface area contributed by atoms with Crippen LogP contribution in [-0.2, 0) is 11.3 Å². The largest absolute Gasteiger partial charge is 0.493 e. The molecule has 0 fully saturated rings. The summed E-state index contributed by atoms with van der Waals surface area (Å²) in [6, 6.07) is 5.54. The van der Waals surface area contributed by atoms with E-state index in [4.69, 9.17) is 9.47 Å². The van der Waals surface area contributed by atoms with Gasteiger partial charge in [-0.1, -0.05) is 6.07 Å². The summed E-state index contributed by atoms with van der Waals surface area (Å²) in [6.45, 7) is 3.51. The first-order valence-corrected chi connectivity index (χ1v) is 6.16. The average molecular weight is 263 g/mol. The van der Waals surface area contributed by atoms with E-state index in [0.29, 0.717) is 30.9 Å². The summed E-state index contributed by atoms with van der Waals surface area (Å²) in [5.41, 5.74) is 1.11. The van der Waals surface area contributed by atoms with Crippen LogP contribution in [-0.4, -0.2) is 36.0 Å². The summed E-state index contributed by atoms with van der Waals surface area (Å²) >= 11 is 0. The van der Waals surface area contributed by atoms with Gasteiger partial charge in [0.15, 0.2) is 0 Å². The molecule has 0 amide bonds. The van der Waals surface area contributed by atoms with Crippen LogP contribution in [0.2, 0.25) is 0 Å². The van der Waals surface area contributed by atoms with Crippen molar-refractivity contribution >= 4 is 16.9 Å². The zero-order chi connectivity index (χ0) is 13.8. The number of fused-ring (bicyclic) bond motifs is 1. The second kappa shape index (κ2) is 5.75. The maximum atomic E-state index is 11.4. The molecule has 0 radical (unpaired) electrons. The van der Waals surface area contributed by atoms with Crippen LogP contribution < -0.4 is 4.74 Å². The summed E-state index contributed by atoms with van der Waals surface area (Å²) in [6.07, 6.45) is 1.63. The van der Waals surface area contributed by atoms with Gasteiger partial charge in [-0.25, -0.2) is 4.79 Å². The molecule has 102 valence electrons. The lowest BCUT2D eigenvalue weighted by atomic mass is 10.1. The van der Waals surface area contributed by atoms with E-state index >= 15 is 0 Å². The number of rotatable bonds is 6. The predicted molar refractivity (Wildman–Crippen MR) is 71.9 cm³/mol. The van der Waals surface area contributed by atoms with Crippen LogP contribution in [0.5, 0.6) is 5.75 Å². The number of hydrogen-bond acceptors (Lipinski definition) is 3. The summed E-state index contributed by atoms with van der Waals surface area (Å²) in [4.78, 5) is 11.4. The monoisotopic (exact) mass is 263 g/mol. The van der Waals surface area contributed by atoms with Crippen molar-refractivity contribution in [3.05, 3.63) is 30.0 Å². The van der Waals surface area contributed by atoms with E-state index in [2.05, 4.69) is 0 Å². The fourth-order valence-corrected chi connectivity index (χ4v) is 2.13. The number of nitrogens with zero attached hydrogens (tertiary/aromatic N) is 1. The van der Waals surface area contributed by atoms with Gasteiger partial charge in [-0.3, -0.25) is 0 Å². The minimum Gasteiger partial charge on any atom is -0.493 e. The number of hydrogen-bond donors (Lipinski definition) is 1. The van der Waals surface area contributed by atoms with E-state index in [1.807, 2.05) is 23.6 Å². The topological polar surface area (TPSA) is 60.7 Å². The molecule has 5 nitrogen and oxygen atoms in total. The molecule has 19 heavy (non-hydrogen) atoms. The third-order valence-corrected chi connectivity index (χ3v) is 2.93. The molecule has 0 aliphatic rings. The molecule has 0 atom stereocenters. The van der Waals surface area contributed by atoms with Crippen LogP contribution in [0.25, 0.3) is 10.9 Å². The number of aromatic nitrogens is 1. The van der Waals surface area contributed by atoms with E-state index in [-0.39, 0.29) is 5.56 Å². The molecule has 0 saturated heterocycles. The fraction of sp³-hybridized carbons (Fsp3) is 0.357. The van der Waals surface area contributed by atoms with Crippen molar-refractivity contribution < 1.29 is 19.4 Å². The Morgan fingerprint density at radius 2 is 2.21 bits per heavy atom. The number of ether oxygens (including phenoxy) is 2. The maximum Gasteiger partial charge on any atom is 0.338 e. The highest BCUT2D eigenvalue weighted by Gasteiger charge is 2.17. The average Bonchev–Trinajstić information content (AvgIpc) is 2.77. The molecule has 2 aromatic rings. The Labute approximate surface area is 111 Å². The Bertz CT molecular complexity index is 588. The number of benzene rings is 1. The Morgan fingerprint density at radius 3 is 2.84 bits per heavy atom. The SMILES string of the molecule is CCOc1cccc2c1c(C(=O)O)cn2CCOC. The second-order valence-electron chi connectivity index (χ2n) is 4.12. The third kappa shape index (κ3) is 2.56. The first-order valence-electron chi connectivity index (χ1n) is 6.16. The summed E-state index contributed by atoms with van der Waals surface area (Å²) < 4.78 is 12.4. The van der Waals surface area contributed by atoms with Crippen LogP contribution in [0, 0.1) is 0 Å². The van der Waals surface area contributed by atoms with Crippen LogP contribution in [0.3, 0.4) is 0 Å². The number of aromatic carboxylic acids is 1. The standard InChI is InChI=1S/C14H17NO4/c1-3-19-12-6-4-5-11-13(12)10(14(16)17)9-15(11)7-8-18-2/h4-6,9H,3,7-8H2,1-2H3,(H,16,17). The molecule has 1 aromatic carbocycles. The van der Waals surface area contributed by atoms with E-state index in [1.54, 1.807) is 19.4 Å².